The molecule has 1 nitrogen and oxygen atoms in total. The molecule has 0 spiro atoms. The van der Waals surface area contributed by atoms with Crippen molar-refractivity contribution in [1.82, 2.24) is 0 Å². The SMILES string of the molecule is COC(C)(CC(F)(F)C(F)(F)F)c1cccc(C(C)C)c1. The Hall–Kier alpha value is -1.17. The van der Waals surface area contributed by atoms with Crippen molar-refractivity contribution in [2.45, 2.75) is 50.8 Å². The summed E-state index contributed by atoms with van der Waals surface area (Å²) in [4.78, 5) is 0. The zero-order valence-electron chi connectivity index (χ0n) is 12.4. The number of ether oxygens (including phenoxy) is 1. The fourth-order valence-corrected chi connectivity index (χ4v) is 2.04. The van der Waals surface area contributed by atoms with Gasteiger partial charge < -0.3 is 4.74 Å². The molecule has 1 atom stereocenters. The molecule has 0 bridgehead atoms. The lowest BCUT2D eigenvalue weighted by Gasteiger charge is -2.33. The van der Waals surface area contributed by atoms with Crippen molar-refractivity contribution in [3.05, 3.63) is 35.4 Å². The van der Waals surface area contributed by atoms with Gasteiger partial charge in [0, 0.05) is 7.11 Å². The maximum absolute atomic E-state index is 13.4. The summed E-state index contributed by atoms with van der Waals surface area (Å²) in [7, 11) is 1.13. The molecule has 0 heterocycles. The van der Waals surface area contributed by atoms with E-state index in [1.54, 1.807) is 18.2 Å². The van der Waals surface area contributed by atoms with Crippen LogP contribution in [0.2, 0.25) is 0 Å². The Balaban J connectivity index is 3.19. The molecule has 1 rings (SSSR count). The van der Waals surface area contributed by atoms with Crippen molar-refractivity contribution >= 4 is 0 Å². The maximum Gasteiger partial charge on any atom is 0.453 e. The van der Waals surface area contributed by atoms with Gasteiger partial charge in [0.15, 0.2) is 0 Å². The van der Waals surface area contributed by atoms with Crippen LogP contribution < -0.4 is 0 Å². The van der Waals surface area contributed by atoms with Gasteiger partial charge in [-0.2, -0.15) is 22.0 Å². The molecule has 1 aromatic rings. The van der Waals surface area contributed by atoms with E-state index in [2.05, 4.69) is 0 Å². The molecule has 0 N–H and O–H groups in total. The maximum atomic E-state index is 13.4. The van der Waals surface area contributed by atoms with Gasteiger partial charge in [-0.3, -0.25) is 0 Å². The van der Waals surface area contributed by atoms with Crippen LogP contribution in [0, 0.1) is 0 Å². The van der Waals surface area contributed by atoms with Gasteiger partial charge in [-0.25, -0.2) is 0 Å². The van der Waals surface area contributed by atoms with Crippen molar-refractivity contribution in [3.8, 4) is 0 Å². The minimum Gasteiger partial charge on any atom is -0.374 e. The van der Waals surface area contributed by atoms with Crippen LogP contribution in [0.15, 0.2) is 24.3 Å². The number of alkyl halides is 5. The molecule has 0 saturated heterocycles. The van der Waals surface area contributed by atoms with Gasteiger partial charge in [-0.1, -0.05) is 38.1 Å². The van der Waals surface area contributed by atoms with Crippen LogP contribution in [0.25, 0.3) is 0 Å². The summed E-state index contributed by atoms with van der Waals surface area (Å²) in [6.07, 6.45) is -7.05. The third-order valence-electron chi connectivity index (χ3n) is 3.59. The molecule has 6 heteroatoms. The fourth-order valence-electron chi connectivity index (χ4n) is 2.04. The first-order chi connectivity index (χ1) is 9.43. The van der Waals surface area contributed by atoms with Crippen LogP contribution in [0.4, 0.5) is 22.0 Å². The Morgan fingerprint density at radius 1 is 1.10 bits per heavy atom. The lowest BCUT2D eigenvalue weighted by molar-refractivity contribution is -0.298. The van der Waals surface area contributed by atoms with E-state index in [4.69, 9.17) is 4.74 Å². The quantitative estimate of drug-likeness (QED) is 0.674. The first-order valence-corrected chi connectivity index (χ1v) is 6.53. The van der Waals surface area contributed by atoms with E-state index in [1.165, 1.54) is 13.0 Å². The van der Waals surface area contributed by atoms with Crippen LogP contribution in [-0.4, -0.2) is 19.2 Å². The Morgan fingerprint density at radius 2 is 1.67 bits per heavy atom. The van der Waals surface area contributed by atoms with E-state index < -0.39 is 24.1 Å². The van der Waals surface area contributed by atoms with Crippen LogP contribution >= 0.6 is 0 Å². The van der Waals surface area contributed by atoms with E-state index in [9.17, 15) is 22.0 Å². The van der Waals surface area contributed by atoms with Crippen molar-refractivity contribution in [3.63, 3.8) is 0 Å². The summed E-state index contributed by atoms with van der Waals surface area (Å²) >= 11 is 0. The molecule has 1 unspecified atom stereocenters. The molecule has 1 aromatic carbocycles. The second-order valence-electron chi connectivity index (χ2n) is 5.59. The van der Waals surface area contributed by atoms with Gasteiger partial charge in [-0.15, -0.1) is 0 Å². The van der Waals surface area contributed by atoms with Gasteiger partial charge in [-0.05, 0) is 24.0 Å². The van der Waals surface area contributed by atoms with Crippen LogP contribution in [0.1, 0.15) is 44.2 Å². The zero-order valence-corrected chi connectivity index (χ0v) is 12.4. The lowest BCUT2D eigenvalue weighted by atomic mass is 9.86. The summed E-state index contributed by atoms with van der Waals surface area (Å²) in [5.74, 6) is -4.68. The molecule has 0 aliphatic heterocycles. The summed E-state index contributed by atoms with van der Waals surface area (Å²) < 4.78 is 69.0. The molecule has 0 aliphatic carbocycles. The first-order valence-electron chi connectivity index (χ1n) is 6.53. The lowest BCUT2D eigenvalue weighted by Crippen LogP contribution is -2.43. The van der Waals surface area contributed by atoms with Gasteiger partial charge in [0.25, 0.3) is 0 Å². The molecule has 0 aliphatic rings. The summed E-state index contributed by atoms with van der Waals surface area (Å²) in [6, 6.07) is 6.54. The highest BCUT2D eigenvalue weighted by Crippen LogP contribution is 2.45. The third-order valence-corrected chi connectivity index (χ3v) is 3.59. The Morgan fingerprint density at radius 3 is 2.10 bits per heavy atom. The average molecular weight is 310 g/mol. The molecule has 21 heavy (non-hydrogen) atoms. The van der Waals surface area contributed by atoms with Crippen LogP contribution in [0.3, 0.4) is 0 Å². The van der Waals surface area contributed by atoms with Crippen molar-refractivity contribution < 1.29 is 26.7 Å². The third kappa shape index (κ3) is 3.93. The second kappa shape index (κ2) is 5.91. The smallest absolute Gasteiger partial charge is 0.374 e. The minimum atomic E-state index is -5.59. The van der Waals surface area contributed by atoms with Gasteiger partial charge in [0.2, 0.25) is 0 Å². The van der Waals surface area contributed by atoms with E-state index in [1.807, 2.05) is 13.8 Å². The normalized spacial score (nSPS) is 16.1. The van der Waals surface area contributed by atoms with E-state index in [0.29, 0.717) is 5.56 Å². The molecule has 0 fully saturated rings. The average Bonchev–Trinajstić information content (AvgIpc) is 2.37. The summed E-state index contributed by atoms with van der Waals surface area (Å²) in [5, 5.41) is 0. The number of methoxy groups -OCH3 is 1. The molecule has 120 valence electrons. The number of benzene rings is 1. The topological polar surface area (TPSA) is 9.23 Å². The monoisotopic (exact) mass is 310 g/mol. The highest BCUT2D eigenvalue weighted by molar-refractivity contribution is 5.30. The molecular formula is C15H19F5O. The Kier molecular flexibility index (Phi) is 5.03. The van der Waals surface area contributed by atoms with Crippen molar-refractivity contribution in [2.24, 2.45) is 0 Å². The fraction of sp³-hybridized carbons (Fsp3) is 0.600. The van der Waals surface area contributed by atoms with Crippen molar-refractivity contribution in [2.75, 3.05) is 7.11 Å². The molecule has 0 radical (unpaired) electrons. The Labute approximate surface area is 121 Å². The standard InChI is InChI=1S/C15H19F5O/c1-10(2)11-6-5-7-12(8-11)13(3,21-4)9-14(16,17)15(18,19)20/h5-8,10H,9H2,1-4H3. The highest BCUT2D eigenvalue weighted by Gasteiger charge is 2.60. The number of hydrogen-bond acceptors (Lipinski definition) is 1. The molecule has 0 saturated carbocycles. The zero-order chi connectivity index (χ0) is 16.5. The predicted molar refractivity (Wildman–Crippen MR) is 70.5 cm³/mol. The van der Waals surface area contributed by atoms with E-state index in [0.717, 1.165) is 12.7 Å². The Bertz CT molecular complexity index is 481. The number of hydrogen-bond donors (Lipinski definition) is 0. The van der Waals surface area contributed by atoms with Gasteiger partial charge in [0.1, 0.15) is 0 Å². The van der Waals surface area contributed by atoms with Gasteiger partial charge in [0.05, 0.1) is 12.0 Å². The first kappa shape index (κ1) is 17.9. The molecule has 0 amide bonds. The van der Waals surface area contributed by atoms with Crippen LogP contribution in [-0.2, 0) is 10.3 Å². The van der Waals surface area contributed by atoms with E-state index >= 15 is 0 Å². The molecular weight excluding hydrogens is 291 g/mol. The van der Waals surface area contributed by atoms with Crippen molar-refractivity contribution in [1.29, 1.82) is 0 Å². The summed E-state index contributed by atoms with van der Waals surface area (Å²) in [5.41, 5.74) is -0.560. The minimum absolute atomic E-state index is 0.134. The summed E-state index contributed by atoms with van der Waals surface area (Å²) in [6.45, 7) is 5.06. The second-order valence-corrected chi connectivity index (χ2v) is 5.59. The van der Waals surface area contributed by atoms with Crippen LogP contribution in [0.5, 0.6) is 0 Å². The highest BCUT2D eigenvalue weighted by atomic mass is 19.4. The van der Waals surface area contributed by atoms with E-state index in [-0.39, 0.29) is 5.92 Å². The number of halogens is 5. The predicted octanol–water partition coefficient (Wildman–Crippen LogP) is 5.26. The van der Waals surface area contributed by atoms with Gasteiger partial charge >= 0.3 is 12.1 Å². The largest absolute Gasteiger partial charge is 0.453 e. The molecule has 0 aromatic heterocycles. The number of rotatable bonds is 5.